The maximum absolute atomic E-state index is 4.67. The van der Waals surface area contributed by atoms with Gasteiger partial charge in [0.25, 0.3) is 0 Å². The average molecular weight is 350 g/mol. The second-order valence-corrected chi connectivity index (χ2v) is 6.79. The van der Waals surface area contributed by atoms with E-state index in [1.54, 1.807) is 0 Å². The summed E-state index contributed by atoms with van der Waals surface area (Å²) in [7, 11) is 0. The Morgan fingerprint density at radius 1 is 1.19 bits per heavy atom. The van der Waals surface area contributed by atoms with Crippen LogP contribution in [0.15, 0.2) is 22.7 Å². The van der Waals surface area contributed by atoms with Gasteiger partial charge in [-0.25, -0.2) is 0 Å². The van der Waals surface area contributed by atoms with Crippen LogP contribution in [0.25, 0.3) is 11.4 Å². The molecule has 1 aromatic heterocycles. The molecule has 5 nitrogen and oxygen atoms in total. The Morgan fingerprint density at radius 2 is 1.90 bits per heavy atom. The second kappa shape index (κ2) is 5.77. The molecule has 1 saturated heterocycles. The highest BCUT2D eigenvalue weighted by atomic mass is 79.9. The number of hydrogen-bond acceptors (Lipinski definition) is 4. The van der Waals surface area contributed by atoms with Gasteiger partial charge in [-0.15, -0.1) is 5.10 Å². The molecule has 0 spiro atoms. The number of aromatic amines is 1. The molecule has 1 fully saturated rings. The van der Waals surface area contributed by atoms with Crippen LogP contribution in [0.2, 0.25) is 0 Å². The Morgan fingerprint density at radius 3 is 2.57 bits per heavy atom. The first-order valence-electron chi connectivity index (χ1n) is 7.22. The molecule has 0 amide bonds. The highest BCUT2D eigenvalue weighted by Gasteiger charge is 2.23. The van der Waals surface area contributed by atoms with Crippen molar-refractivity contribution in [2.24, 2.45) is 0 Å². The summed E-state index contributed by atoms with van der Waals surface area (Å²) >= 11 is 3.53. The number of aromatic nitrogens is 3. The summed E-state index contributed by atoms with van der Waals surface area (Å²) in [6, 6.07) is 7.14. The van der Waals surface area contributed by atoms with E-state index in [0.29, 0.717) is 12.1 Å². The van der Waals surface area contributed by atoms with E-state index in [0.717, 1.165) is 34.9 Å². The largest absolute Gasteiger partial charge is 0.336 e. The van der Waals surface area contributed by atoms with Crippen molar-refractivity contribution >= 4 is 21.9 Å². The minimum absolute atomic E-state index is 0.448. The fraction of sp³-hybridized carbons (Fsp3) is 0.467. The zero-order chi connectivity index (χ0) is 15.0. The van der Waals surface area contributed by atoms with E-state index in [2.05, 4.69) is 80.3 Å². The summed E-state index contributed by atoms with van der Waals surface area (Å²) < 4.78 is 1.06. The lowest BCUT2D eigenvalue weighted by Crippen LogP contribution is -2.54. The lowest BCUT2D eigenvalue weighted by Gasteiger charge is -2.35. The molecule has 112 valence electrons. The van der Waals surface area contributed by atoms with Gasteiger partial charge < -0.3 is 10.2 Å². The van der Waals surface area contributed by atoms with Crippen molar-refractivity contribution in [3.05, 3.63) is 28.2 Å². The third kappa shape index (κ3) is 3.27. The molecule has 2 unspecified atom stereocenters. The van der Waals surface area contributed by atoms with E-state index in [9.17, 15) is 0 Å². The molecule has 1 aromatic carbocycles. The highest BCUT2D eigenvalue weighted by Crippen LogP contribution is 2.24. The molecule has 0 aliphatic carbocycles. The zero-order valence-electron chi connectivity index (χ0n) is 12.5. The molecule has 2 heterocycles. The molecular formula is C15H20BrN5. The molecule has 0 radical (unpaired) electrons. The van der Waals surface area contributed by atoms with Crippen molar-refractivity contribution in [3.8, 4) is 11.4 Å². The van der Waals surface area contributed by atoms with Gasteiger partial charge >= 0.3 is 0 Å². The molecule has 6 heteroatoms. The van der Waals surface area contributed by atoms with E-state index >= 15 is 0 Å². The van der Waals surface area contributed by atoms with Gasteiger partial charge in [0.05, 0.1) is 0 Å². The van der Waals surface area contributed by atoms with E-state index in [-0.39, 0.29) is 0 Å². The predicted molar refractivity (Wildman–Crippen MR) is 88.5 cm³/mol. The van der Waals surface area contributed by atoms with Crippen LogP contribution < -0.4 is 10.2 Å². The van der Waals surface area contributed by atoms with Crippen molar-refractivity contribution in [2.45, 2.75) is 32.9 Å². The number of piperazine rings is 1. The molecule has 0 bridgehead atoms. The second-order valence-electron chi connectivity index (χ2n) is 5.88. The minimum atomic E-state index is 0.448. The standard InChI is InChI=1S/C15H20BrN5/c1-9-4-12(6-13(16)5-9)14-18-15(20-19-14)21-7-10(2)17-11(3)8-21/h4-6,10-11,17H,7-8H2,1-3H3,(H,18,19,20). The van der Waals surface area contributed by atoms with Gasteiger partial charge in [-0.05, 0) is 44.5 Å². The number of rotatable bonds is 2. The Labute approximate surface area is 133 Å². The molecule has 2 atom stereocenters. The first-order valence-corrected chi connectivity index (χ1v) is 8.01. The molecule has 1 aliphatic heterocycles. The van der Waals surface area contributed by atoms with Gasteiger partial charge in [0.1, 0.15) is 0 Å². The molecule has 0 saturated carbocycles. The van der Waals surface area contributed by atoms with Gasteiger partial charge in [-0.2, -0.15) is 4.98 Å². The number of aryl methyl sites for hydroxylation is 1. The van der Waals surface area contributed by atoms with E-state index in [4.69, 9.17) is 0 Å². The van der Waals surface area contributed by atoms with Crippen molar-refractivity contribution in [3.63, 3.8) is 0 Å². The fourth-order valence-electron chi connectivity index (χ4n) is 2.89. The average Bonchev–Trinajstić information content (AvgIpc) is 2.85. The van der Waals surface area contributed by atoms with Crippen LogP contribution in [-0.2, 0) is 0 Å². The van der Waals surface area contributed by atoms with Gasteiger partial charge in [0.15, 0.2) is 5.82 Å². The van der Waals surface area contributed by atoms with E-state index in [1.807, 2.05) is 0 Å². The van der Waals surface area contributed by atoms with Crippen molar-refractivity contribution < 1.29 is 0 Å². The van der Waals surface area contributed by atoms with Crippen LogP contribution in [0.4, 0.5) is 5.95 Å². The summed E-state index contributed by atoms with van der Waals surface area (Å²) in [4.78, 5) is 6.90. The Bertz CT molecular complexity index is 608. The first kappa shape index (κ1) is 14.5. The van der Waals surface area contributed by atoms with E-state index < -0.39 is 0 Å². The summed E-state index contributed by atoms with van der Waals surface area (Å²) in [5, 5.41) is 11.0. The number of nitrogens with one attached hydrogen (secondary N) is 2. The highest BCUT2D eigenvalue weighted by molar-refractivity contribution is 9.10. The summed E-state index contributed by atoms with van der Waals surface area (Å²) in [5.41, 5.74) is 2.25. The van der Waals surface area contributed by atoms with Crippen LogP contribution >= 0.6 is 15.9 Å². The van der Waals surface area contributed by atoms with Crippen LogP contribution in [0.5, 0.6) is 0 Å². The van der Waals surface area contributed by atoms with E-state index in [1.165, 1.54) is 5.56 Å². The number of anilines is 1. The summed E-state index contributed by atoms with van der Waals surface area (Å²) in [6.45, 7) is 8.31. The Hall–Kier alpha value is -1.40. The van der Waals surface area contributed by atoms with Gasteiger partial charge in [0.2, 0.25) is 5.95 Å². The van der Waals surface area contributed by atoms with Crippen LogP contribution in [-0.4, -0.2) is 40.4 Å². The molecule has 2 N–H and O–H groups in total. The maximum Gasteiger partial charge on any atom is 0.245 e. The van der Waals surface area contributed by atoms with Crippen molar-refractivity contribution in [1.82, 2.24) is 20.5 Å². The Kier molecular flexibility index (Phi) is 3.99. The molecule has 21 heavy (non-hydrogen) atoms. The fourth-order valence-corrected chi connectivity index (χ4v) is 3.49. The summed E-state index contributed by atoms with van der Waals surface area (Å²) in [5.74, 6) is 1.59. The van der Waals surface area contributed by atoms with Gasteiger partial charge in [-0.3, -0.25) is 5.10 Å². The lowest BCUT2D eigenvalue weighted by atomic mass is 10.1. The number of H-pyrrole nitrogens is 1. The minimum Gasteiger partial charge on any atom is -0.336 e. The van der Waals surface area contributed by atoms with Gasteiger partial charge in [-0.1, -0.05) is 15.9 Å². The number of halogens is 1. The molecular weight excluding hydrogens is 330 g/mol. The van der Waals surface area contributed by atoms with Crippen molar-refractivity contribution in [2.75, 3.05) is 18.0 Å². The first-order chi connectivity index (χ1) is 10.0. The predicted octanol–water partition coefficient (Wildman–Crippen LogP) is 2.73. The smallest absolute Gasteiger partial charge is 0.245 e. The maximum atomic E-state index is 4.67. The molecule has 1 aliphatic rings. The molecule has 3 rings (SSSR count). The van der Waals surface area contributed by atoms with Crippen molar-refractivity contribution in [1.29, 1.82) is 0 Å². The normalized spacial score (nSPS) is 22.6. The SMILES string of the molecule is Cc1cc(Br)cc(-c2nc(N3CC(C)NC(C)C3)n[nH]2)c1. The number of hydrogen-bond donors (Lipinski definition) is 2. The zero-order valence-corrected chi connectivity index (χ0v) is 14.1. The third-order valence-electron chi connectivity index (χ3n) is 3.63. The van der Waals surface area contributed by atoms with Gasteiger partial charge in [0, 0.05) is 35.2 Å². The van der Waals surface area contributed by atoms with Crippen LogP contribution in [0.1, 0.15) is 19.4 Å². The third-order valence-corrected chi connectivity index (χ3v) is 4.09. The topological polar surface area (TPSA) is 56.8 Å². The van der Waals surface area contributed by atoms with Crippen LogP contribution in [0.3, 0.4) is 0 Å². The lowest BCUT2D eigenvalue weighted by molar-refractivity contribution is 0.403. The Balaban J connectivity index is 1.86. The van der Waals surface area contributed by atoms with Crippen LogP contribution in [0, 0.1) is 6.92 Å². The molecule has 2 aromatic rings. The number of nitrogens with zero attached hydrogens (tertiary/aromatic N) is 3. The quantitative estimate of drug-likeness (QED) is 0.875. The summed E-state index contributed by atoms with van der Waals surface area (Å²) in [6.07, 6.45) is 0. The monoisotopic (exact) mass is 349 g/mol. The number of benzene rings is 1.